The van der Waals surface area contributed by atoms with Gasteiger partial charge in [0.1, 0.15) is 23.2 Å². The molecule has 0 bridgehead atoms. The summed E-state index contributed by atoms with van der Waals surface area (Å²) in [7, 11) is 0. The number of rotatable bonds is 7. The summed E-state index contributed by atoms with van der Waals surface area (Å²) in [5.74, 6) is -0.500. The van der Waals surface area contributed by atoms with Gasteiger partial charge in [-0.15, -0.1) is 11.3 Å². The molecule has 0 radical (unpaired) electrons. The number of amides is 1. The highest BCUT2D eigenvalue weighted by molar-refractivity contribution is 7.09. The number of ether oxygens (including phenoxy) is 1. The summed E-state index contributed by atoms with van der Waals surface area (Å²) in [6.45, 7) is 0.684. The molecular weight excluding hydrogens is 377 g/mol. The van der Waals surface area contributed by atoms with Crippen LogP contribution in [0.3, 0.4) is 0 Å². The molecule has 0 saturated carbocycles. The van der Waals surface area contributed by atoms with Gasteiger partial charge >= 0.3 is 0 Å². The molecule has 2 heterocycles. The highest BCUT2D eigenvalue weighted by atomic mass is 35.5. The van der Waals surface area contributed by atoms with Gasteiger partial charge in [0.05, 0.1) is 22.5 Å². The quantitative estimate of drug-likeness (QED) is 0.663. The van der Waals surface area contributed by atoms with Gasteiger partial charge in [-0.25, -0.2) is 9.37 Å². The average molecular weight is 392 g/mol. The van der Waals surface area contributed by atoms with Crippen LogP contribution in [0.5, 0.6) is 5.75 Å². The van der Waals surface area contributed by atoms with Crippen LogP contribution in [-0.2, 0) is 13.0 Å². The van der Waals surface area contributed by atoms with Crippen LogP contribution < -0.4 is 10.1 Å². The molecule has 26 heavy (non-hydrogen) atoms. The molecular formula is C18H15ClFN3O2S. The maximum absolute atomic E-state index is 13.7. The van der Waals surface area contributed by atoms with Crippen LogP contribution in [0.2, 0.25) is 5.02 Å². The molecule has 0 aliphatic rings. The van der Waals surface area contributed by atoms with Crippen LogP contribution in [-0.4, -0.2) is 22.4 Å². The summed E-state index contributed by atoms with van der Waals surface area (Å²) < 4.78 is 19.3. The Morgan fingerprint density at radius 2 is 2.19 bits per heavy atom. The summed E-state index contributed by atoms with van der Waals surface area (Å²) in [5.41, 5.74) is 0.692. The lowest BCUT2D eigenvalue weighted by Gasteiger charge is -2.06. The van der Waals surface area contributed by atoms with E-state index in [0.717, 1.165) is 10.7 Å². The number of halogens is 2. The van der Waals surface area contributed by atoms with E-state index in [1.54, 1.807) is 18.5 Å². The van der Waals surface area contributed by atoms with E-state index >= 15 is 0 Å². The molecule has 0 unspecified atom stereocenters. The third-order valence-electron chi connectivity index (χ3n) is 3.45. The molecule has 0 atom stereocenters. The van der Waals surface area contributed by atoms with Crippen LogP contribution in [0, 0.1) is 5.82 Å². The monoisotopic (exact) mass is 391 g/mol. The molecule has 0 aliphatic carbocycles. The second kappa shape index (κ2) is 8.73. The minimum atomic E-state index is -0.640. The van der Waals surface area contributed by atoms with Crippen molar-refractivity contribution in [3.63, 3.8) is 0 Å². The smallest absolute Gasteiger partial charge is 0.255 e. The highest BCUT2D eigenvalue weighted by Gasteiger charge is 2.15. The van der Waals surface area contributed by atoms with Crippen molar-refractivity contribution in [2.45, 2.75) is 13.0 Å². The molecule has 1 aromatic carbocycles. The lowest BCUT2D eigenvalue weighted by molar-refractivity contribution is 0.0950. The third-order valence-corrected chi connectivity index (χ3v) is 4.64. The van der Waals surface area contributed by atoms with Gasteiger partial charge in [-0.2, -0.15) is 0 Å². The minimum Gasteiger partial charge on any atom is -0.485 e. The number of thiazole rings is 1. The van der Waals surface area contributed by atoms with Crippen LogP contribution in [0.15, 0.2) is 48.1 Å². The summed E-state index contributed by atoms with van der Waals surface area (Å²) in [6, 6.07) is 7.76. The summed E-state index contributed by atoms with van der Waals surface area (Å²) in [5, 5.41) is 5.48. The lowest BCUT2D eigenvalue weighted by atomic mass is 10.2. The second-order valence-corrected chi connectivity index (χ2v) is 6.66. The van der Waals surface area contributed by atoms with Crippen molar-refractivity contribution >= 4 is 28.8 Å². The molecule has 8 heteroatoms. The van der Waals surface area contributed by atoms with Crippen molar-refractivity contribution in [2.24, 2.45) is 0 Å². The zero-order valence-electron chi connectivity index (χ0n) is 13.6. The maximum Gasteiger partial charge on any atom is 0.255 e. The SMILES string of the molecule is O=C(NCCc1csc(COc2cccnc2)n1)c1c(F)cccc1Cl. The van der Waals surface area contributed by atoms with Crippen molar-refractivity contribution in [3.8, 4) is 5.75 Å². The first-order valence-electron chi connectivity index (χ1n) is 7.82. The van der Waals surface area contributed by atoms with Gasteiger partial charge in [0.25, 0.3) is 5.91 Å². The number of carbonyl (C=O) groups is 1. The summed E-state index contributed by atoms with van der Waals surface area (Å²) in [6.07, 6.45) is 3.84. The Morgan fingerprint density at radius 3 is 2.96 bits per heavy atom. The van der Waals surface area contributed by atoms with Crippen molar-refractivity contribution in [2.75, 3.05) is 6.54 Å². The van der Waals surface area contributed by atoms with Crippen molar-refractivity contribution in [1.29, 1.82) is 0 Å². The van der Waals surface area contributed by atoms with E-state index < -0.39 is 11.7 Å². The Labute approximate surface area is 158 Å². The Balaban J connectivity index is 1.48. The third kappa shape index (κ3) is 4.77. The molecule has 1 amide bonds. The van der Waals surface area contributed by atoms with E-state index in [9.17, 15) is 9.18 Å². The minimum absolute atomic E-state index is 0.0889. The van der Waals surface area contributed by atoms with Crippen molar-refractivity contribution in [3.05, 3.63) is 75.2 Å². The Hall–Kier alpha value is -2.51. The average Bonchev–Trinajstić information content (AvgIpc) is 3.08. The number of aromatic nitrogens is 2. The first-order valence-corrected chi connectivity index (χ1v) is 9.07. The van der Waals surface area contributed by atoms with E-state index in [1.807, 2.05) is 11.4 Å². The molecule has 3 aromatic rings. The topological polar surface area (TPSA) is 64.1 Å². The first kappa shape index (κ1) is 18.3. The molecule has 0 saturated heterocycles. The van der Waals surface area contributed by atoms with E-state index in [-0.39, 0.29) is 10.6 Å². The van der Waals surface area contributed by atoms with Crippen LogP contribution >= 0.6 is 22.9 Å². The fourth-order valence-corrected chi connectivity index (χ4v) is 3.20. The fourth-order valence-electron chi connectivity index (χ4n) is 2.21. The van der Waals surface area contributed by atoms with Gasteiger partial charge in [-0.3, -0.25) is 9.78 Å². The van der Waals surface area contributed by atoms with Crippen LogP contribution in [0.25, 0.3) is 0 Å². The standard InChI is InChI=1S/C18H15ClFN3O2S/c19-14-4-1-5-15(20)17(14)18(24)22-8-6-12-11-26-16(23-12)10-25-13-3-2-7-21-9-13/h1-5,7,9,11H,6,8,10H2,(H,22,24). The largest absolute Gasteiger partial charge is 0.485 e. The first-order chi connectivity index (χ1) is 12.6. The molecule has 0 fully saturated rings. The number of nitrogens with one attached hydrogen (secondary N) is 1. The van der Waals surface area contributed by atoms with Gasteiger partial charge in [0.2, 0.25) is 0 Å². The number of carbonyl (C=O) groups excluding carboxylic acids is 1. The van der Waals surface area contributed by atoms with E-state index in [4.69, 9.17) is 16.3 Å². The predicted molar refractivity (Wildman–Crippen MR) is 98.1 cm³/mol. The van der Waals surface area contributed by atoms with E-state index in [1.165, 1.54) is 29.5 Å². The normalized spacial score (nSPS) is 10.5. The summed E-state index contributed by atoms with van der Waals surface area (Å²) in [4.78, 5) is 20.5. The molecule has 1 N–H and O–H groups in total. The van der Waals surface area contributed by atoms with E-state index in [0.29, 0.717) is 25.3 Å². The van der Waals surface area contributed by atoms with Crippen molar-refractivity contribution in [1.82, 2.24) is 15.3 Å². The van der Waals surface area contributed by atoms with Crippen LogP contribution in [0.1, 0.15) is 21.1 Å². The zero-order valence-corrected chi connectivity index (χ0v) is 15.2. The van der Waals surface area contributed by atoms with Gasteiger partial charge in [-0.05, 0) is 24.3 Å². The molecule has 0 spiro atoms. The molecule has 134 valence electrons. The Kier molecular flexibility index (Phi) is 6.14. The molecule has 0 aliphatic heterocycles. The number of benzene rings is 1. The number of pyridine rings is 1. The summed E-state index contributed by atoms with van der Waals surface area (Å²) >= 11 is 7.36. The van der Waals surface area contributed by atoms with Gasteiger partial charge < -0.3 is 10.1 Å². The van der Waals surface area contributed by atoms with Gasteiger partial charge in [-0.1, -0.05) is 17.7 Å². The van der Waals surface area contributed by atoms with Gasteiger partial charge in [0.15, 0.2) is 0 Å². The Morgan fingerprint density at radius 1 is 1.31 bits per heavy atom. The predicted octanol–water partition coefficient (Wildman–Crippen LogP) is 3.88. The second-order valence-electron chi connectivity index (χ2n) is 5.31. The zero-order chi connectivity index (χ0) is 18.4. The number of hydrogen-bond acceptors (Lipinski definition) is 5. The fraction of sp³-hybridized carbons (Fsp3) is 0.167. The lowest BCUT2D eigenvalue weighted by Crippen LogP contribution is -2.27. The number of hydrogen-bond donors (Lipinski definition) is 1. The Bertz CT molecular complexity index is 869. The highest BCUT2D eigenvalue weighted by Crippen LogP contribution is 2.19. The van der Waals surface area contributed by atoms with E-state index in [2.05, 4.69) is 15.3 Å². The number of nitrogens with zero attached hydrogens (tertiary/aromatic N) is 2. The van der Waals surface area contributed by atoms with Crippen molar-refractivity contribution < 1.29 is 13.9 Å². The van der Waals surface area contributed by atoms with Crippen LogP contribution in [0.4, 0.5) is 4.39 Å². The molecule has 5 nitrogen and oxygen atoms in total. The maximum atomic E-state index is 13.7. The molecule has 3 rings (SSSR count). The van der Waals surface area contributed by atoms with Gasteiger partial charge in [0, 0.05) is 24.5 Å². The molecule has 2 aromatic heterocycles.